The van der Waals surface area contributed by atoms with Crippen molar-refractivity contribution in [2.24, 2.45) is 0 Å². The molecule has 0 fully saturated rings. The van der Waals surface area contributed by atoms with Gasteiger partial charge < -0.3 is 9.05 Å². The number of hydrogen-bond acceptors (Lipinski definition) is 3. The number of benzene rings is 2. The van der Waals surface area contributed by atoms with Crippen molar-refractivity contribution < 1.29 is 13.6 Å². The van der Waals surface area contributed by atoms with E-state index in [1.54, 1.807) is 36.4 Å². The molecule has 0 saturated heterocycles. The summed E-state index contributed by atoms with van der Waals surface area (Å²) < 4.78 is 25.6. The molecule has 0 spiro atoms. The second-order valence-electron chi connectivity index (χ2n) is 4.16. The van der Waals surface area contributed by atoms with Crippen LogP contribution in [0.2, 0.25) is 0 Å². The van der Waals surface area contributed by atoms with Crippen LogP contribution < -0.4 is 9.05 Å². The van der Waals surface area contributed by atoms with E-state index in [1.807, 2.05) is 12.1 Å². The summed E-state index contributed by atoms with van der Waals surface area (Å²) in [6.45, 7) is 3.58. The van der Waals surface area contributed by atoms with Gasteiger partial charge in [0.15, 0.2) is 0 Å². The molecule has 0 amide bonds. The average molecular weight is 444 g/mol. The van der Waals surface area contributed by atoms with Crippen LogP contribution >= 0.6 is 39.5 Å². The summed E-state index contributed by atoms with van der Waals surface area (Å²) in [6.07, 6.45) is 3.05. The molecule has 6 heteroatoms. The Morgan fingerprint density at radius 1 is 0.909 bits per heavy atom. The summed E-state index contributed by atoms with van der Waals surface area (Å²) >= 11 is 6.72. The number of allylic oxidation sites excluding steroid dienone is 2. The van der Waals surface area contributed by atoms with Crippen molar-refractivity contribution in [2.75, 3.05) is 0 Å². The molecule has 2 rings (SSSR count). The van der Waals surface area contributed by atoms with E-state index in [1.165, 1.54) is 18.0 Å². The van der Waals surface area contributed by atoms with Crippen molar-refractivity contribution in [3.05, 3.63) is 82.0 Å². The Labute approximate surface area is 146 Å². The van der Waals surface area contributed by atoms with Crippen LogP contribution in [-0.2, 0) is 4.57 Å². The van der Waals surface area contributed by atoms with Gasteiger partial charge in [0, 0.05) is 0 Å². The molecule has 0 saturated carbocycles. The molecule has 3 nitrogen and oxygen atoms in total. The fourth-order valence-corrected chi connectivity index (χ4v) is 3.90. The molecule has 0 unspecified atom stereocenters. The standard InChI is InChI=1S/C16H13Br2O3P/c1-2-3-12-22(19,20-15-10-6-4-8-13(15)17)21-16-11-7-5-9-14(16)18/h2-12H,1H2/b12-3+. The van der Waals surface area contributed by atoms with Gasteiger partial charge in [-0.2, -0.15) is 0 Å². The topological polar surface area (TPSA) is 35.5 Å². The lowest BCUT2D eigenvalue weighted by molar-refractivity contribution is 0.396. The Morgan fingerprint density at radius 2 is 1.36 bits per heavy atom. The zero-order valence-corrected chi connectivity index (χ0v) is 15.6. The van der Waals surface area contributed by atoms with E-state index in [0.717, 1.165) is 0 Å². The van der Waals surface area contributed by atoms with Gasteiger partial charge >= 0.3 is 7.60 Å². The monoisotopic (exact) mass is 442 g/mol. The van der Waals surface area contributed by atoms with Crippen LogP contribution in [0.3, 0.4) is 0 Å². The molecule has 0 aliphatic rings. The minimum Gasteiger partial charge on any atom is -0.412 e. The van der Waals surface area contributed by atoms with Gasteiger partial charge in [0.25, 0.3) is 0 Å². The predicted molar refractivity (Wildman–Crippen MR) is 96.5 cm³/mol. The van der Waals surface area contributed by atoms with Crippen molar-refractivity contribution in [3.8, 4) is 11.5 Å². The van der Waals surface area contributed by atoms with Gasteiger partial charge in [-0.25, -0.2) is 4.57 Å². The lowest BCUT2D eigenvalue weighted by Gasteiger charge is -2.18. The lowest BCUT2D eigenvalue weighted by Crippen LogP contribution is -1.99. The van der Waals surface area contributed by atoms with Crippen molar-refractivity contribution in [3.63, 3.8) is 0 Å². The molecule has 0 radical (unpaired) electrons. The first kappa shape index (κ1) is 17.1. The van der Waals surface area contributed by atoms with Gasteiger partial charge in [0.1, 0.15) is 11.5 Å². The quantitative estimate of drug-likeness (QED) is 0.374. The van der Waals surface area contributed by atoms with Crippen molar-refractivity contribution in [1.82, 2.24) is 0 Å². The largest absolute Gasteiger partial charge is 0.455 e. The van der Waals surface area contributed by atoms with Gasteiger partial charge in [-0.15, -0.1) is 0 Å². The smallest absolute Gasteiger partial charge is 0.412 e. The number of halogens is 2. The van der Waals surface area contributed by atoms with Crippen LogP contribution in [0, 0.1) is 0 Å². The molecule has 0 bridgehead atoms. The molecule has 0 N–H and O–H groups in total. The Kier molecular flexibility index (Phi) is 6.07. The third-order valence-corrected chi connectivity index (χ3v) is 5.28. The maximum Gasteiger partial charge on any atom is 0.455 e. The van der Waals surface area contributed by atoms with Gasteiger partial charge in [0.05, 0.1) is 14.8 Å². The van der Waals surface area contributed by atoms with Crippen molar-refractivity contribution in [1.29, 1.82) is 0 Å². The highest BCUT2D eigenvalue weighted by atomic mass is 79.9. The second kappa shape index (κ2) is 7.82. The fourth-order valence-electron chi connectivity index (χ4n) is 1.56. The van der Waals surface area contributed by atoms with Crippen LogP contribution in [0.5, 0.6) is 11.5 Å². The van der Waals surface area contributed by atoms with E-state index in [9.17, 15) is 4.57 Å². The van der Waals surface area contributed by atoms with E-state index in [-0.39, 0.29) is 0 Å². The first-order chi connectivity index (χ1) is 10.5. The third kappa shape index (κ3) is 4.60. The van der Waals surface area contributed by atoms with Gasteiger partial charge in [-0.05, 0) is 56.1 Å². The zero-order chi connectivity index (χ0) is 16.0. The Morgan fingerprint density at radius 3 is 1.77 bits per heavy atom. The third-order valence-electron chi connectivity index (χ3n) is 2.53. The highest BCUT2D eigenvalue weighted by molar-refractivity contribution is 9.10. The first-order valence-corrected chi connectivity index (χ1v) is 9.52. The molecule has 114 valence electrons. The van der Waals surface area contributed by atoms with E-state index >= 15 is 0 Å². The maximum absolute atomic E-state index is 13.0. The van der Waals surface area contributed by atoms with E-state index in [2.05, 4.69) is 38.4 Å². The van der Waals surface area contributed by atoms with Crippen LogP contribution in [0.4, 0.5) is 0 Å². The molecule has 22 heavy (non-hydrogen) atoms. The molecule has 0 aromatic heterocycles. The molecule has 0 heterocycles. The number of hydrogen-bond donors (Lipinski definition) is 0. The van der Waals surface area contributed by atoms with E-state index in [4.69, 9.17) is 9.05 Å². The van der Waals surface area contributed by atoms with Crippen LogP contribution in [-0.4, -0.2) is 0 Å². The van der Waals surface area contributed by atoms with Gasteiger partial charge in [-0.3, -0.25) is 0 Å². The Bertz CT molecular complexity index is 692. The summed E-state index contributed by atoms with van der Waals surface area (Å²) in [6, 6.07) is 14.3. The summed E-state index contributed by atoms with van der Waals surface area (Å²) in [4.78, 5) is 0. The fraction of sp³-hybridized carbons (Fsp3) is 0. The SMILES string of the molecule is C=C/C=C/P(=O)(Oc1ccccc1Br)Oc1ccccc1Br. The molecule has 0 aliphatic heterocycles. The molecule has 2 aromatic rings. The summed E-state index contributed by atoms with van der Waals surface area (Å²) in [5.41, 5.74) is 0. The predicted octanol–water partition coefficient (Wildman–Crippen LogP) is 6.56. The van der Waals surface area contributed by atoms with Gasteiger partial charge in [0.2, 0.25) is 0 Å². The van der Waals surface area contributed by atoms with E-state index < -0.39 is 7.60 Å². The van der Waals surface area contributed by atoms with E-state index in [0.29, 0.717) is 20.4 Å². The van der Waals surface area contributed by atoms with Gasteiger partial charge in [-0.1, -0.05) is 43.0 Å². The summed E-state index contributed by atoms with van der Waals surface area (Å²) in [5.74, 6) is 2.25. The zero-order valence-electron chi connectivity index (χ0n) is 11.5. The summed E-state index contributed by atoms with van der Waals surface area (Å²) in [7, 11) is -3.55. The van der Waals surface area contributed by atoms with Crippen molar-refractivity contribution in [2.45, 2.75) is 0 Å². The number of rotatable bonds is 6. The summed E-state index contributed by atoms with van der Waals surface area (Å²) in [5, 5.41) is 0. The normalized spacial score (nSPS) is 11.4. The van der Waals surface area contributed by atoms with Crippen molar-refractivity contribution >= 4 is 39.5 Å². The molecular weight excluding hydrogens is 431 g/mol. The van der Waals surface area contributed by atoms with Crippen LogP contribution in [0.25, 0.3) is 0 Å². The minimum absolute atomic E-state index is 0.437. The second-order valence-corrected chi connectivity index (χ2v) is 7.61. The number of para-hydroxylation sites is 2. The first-order valence-electron chi connectivity index (χ1n) is 6.32. The highest BCUT2D eigenvalue weighted by Crippen LogP contribution is 2.52. The molecule has 0 atom stereocenters. The Hall–Kier alpha value is -1.29. The Balaban J connectivity index is 2.34. The maximum atomic E-state index is 13.0. The van der Waals surface area contributed by atoms with Crippen LogP contribution in [0.1, 0.15) is 0 Å². The lowest BCUT2D eigenvalue weighted by atomic mass is 10.3. The molecular formula is C16H13Br2O3P. The average Bonchev–Trinajstić information content (AvgIpc) is 2.50. The minimum atomic E-state index is -3.55. The highest BCUT2D eigenvalue weighted by Gasteiger charge is 2.26. The van der Waals surface area contributed by atoms with Crippen LogP contribution in [0.15, 0.2) is 82.0 Å². The molecule has 2 aromatic carbocycles. The molecule has 0 aliphatic carbocycles.